The summed E-state index contributed by atoms with van der Waals surface area (Å²) in [5, 5.41) is 4.25. The lowest BCUT2D eigenvalue weighted by atomic mass is 10.1. The van der Waals surface area contributed by atoms with Crippen LogP contribution in [0.4, 0.5) is 5.13 Å². The maximum absolute atomic E-state index is 12.1. The van der Waals surface area contributed by atoms with Gasteiger partial charge in [0.1, 0.15) is 11.5 Å². The number of nitrogens with one attached hydrogen (secondary N) is 1. The van der Waals surface area contributed by atoms with Crippen LogP contribution in [0.25, 0.3) is 0 Å². The van der Waals surface area contributed by atoms with Crippen molar-refractivity contribution in [1.29, 1.82) is 0 Å². The van der Waals surface area contributed by atoms with Crippen LogP contribution in [-0.2, 0) is 17.6 Å². The summed E-state index contributed by atoms with van der Waals surface area (Å²) >= 11 is 7.43. The van der Waals surface area contributed by atoms with Crippen LogP contribution in [0.15, 0.2) is 40.8 Å². The second-order valence-electron chi connectivity index (χ2n) is 5.89. The van der Waals surface area contributed by atoms with E-state index >= 15 is 0 Å². The van der Waals surface area contributed by atoms with Crippen LogP contribution in [0.3, 0.4) is 0 Å². The number of amides is 1. The minimum atomic E-state index is -0.0548. The molecule has 1 amide bonds. The highest BCUT2D eigenvalue weighted by Crippen LogP contribution is 2.26. The normalized spacial score (nSPS) is 10.8. The first-order valence-corrected chi connectivity index (χ1v) is 9.25. The molecule has 0 unspecified atom stereocenters. The van der Waals surface area contributed by atoms with Crippen LogP contribution >= 0.6 is 22.9 Å². The zero-order chi connectivity index (χ0) is 17.8. The van der Waals surface area contributed by atoms with Crippen molar-refractivity contribution in [2.45, 2.75) is 33.1 Å². The molecule has 2 aromatic heterocycles. The summed E-state index contributed by atoms with van der Waals surface area (Å²) in [6.07, 6.45) is 1.74. The number of nitrogens with zero attached hydrogens (tertiary/aromatic N) is 1. The zero-order valence-electron chi connectivity index (χ0n) is 14.1. The van der Waals surface area contributed by atoms with Crippen LogP contribution in [0, 0.1) is 13.8 Å². The van der Waals surface area contributed by atoms with Crippen LogP contribution in [0.2, 0.25) is 5.02 Å². The molecule has 130 valence electrons. The van der Waals surface area contributed by atoms with Gasteiger partial charge in [-0.25, -0.2) is 4.98 Å². The third-order valence-corrected chi connectivity index (χ3v) is 5.14. The molecule has 4 nitrogen and oxygen atoms in total. The van der Waals surface area contributed by atoms with Crippen molar-refractivity contribution < 1.29 is 9.21 Å². The lowest BCUT2D eigenvalue weighted by Gasteiger charge is -2.00. The molecule has 0 atom stereocenters. The Hall–Kier alpha value is -2.11. The Morgan fingerprint density at radius 3 is 2.64 bits per heavy atom. The summed E-state index contributed by atoms with van der Waals surface area (Å²) in [5.74, 6) is 1.63. The Morgan fingerprint density at radius 1 is 1.20 bits per heavy atom. The molecule has 6 heteroatoms. The summed E-state index contributed by atoms with van der Waals surface area (Å²) in [5.41, 5.74) is 2.11. The highest BCUT2D eigenvalue weighted by Gasteiger charge is 2.12. The Balaban J connectivity index is 1.57. The maximum Gasteiger partial charge on any atom is 0.226 e. The number of furan rings is 1. The molecule has 0 spiro atoms. The van der Waals surface area contributed by atoms with E-state index in [2.05, 4.69) is 10.3 Å². The molecule has 0 saturated heterocycles. The van der Waals surface area contributed by atoms with Crippen molar-refractivity contribution in [3.05, 3.63) is 69.1 Å². The van der Waals surface area contributed by atoms with Crippen molar-refractivity contribution in [2.75, 3.05) is 5.32 Å². The first-order chi connectivity index (χ1) is 12.0. The van der Waals surface area contributed by atoms with Gasteiger partial charge in [0.05, 0.1) is 5.69 Å². The molecule has 0 radical (unpaired) electrons. The number of halogens is 1. The van der Waals surface area contributed by atoms with Gasteiger partial charge < -0.3 is 9.73 Å². The highest BCUT2D eigenvalue weighted by atomic mass is 35.5. The van der Waals surface area contributed by atoms with E-state index in [1.54, 1.807) is 0 Å². The van der Waals surface area contributed by atoms with Crippen LogP contribution in [0.1, 0.15) is 34.1 Å². The maximum atomic E-state index is 12.1. The number of rotatable bonds is 6. The molecule has 0 saturated carbocycles. The molecule has 3 aromatic rings. The number of hydrogen-bond donors (Lipinski definition) is 1. The van der Waals surface area contributed by atoms with Gasteiger partial charge in [0.25, 0.3) is 0 Å². The standard InChI is InChI=1S/C19H19ClN2O2S/c1-12-3-8-16(24-12)9-10-18(23)22-19-21-13(2)17(25-19)11-14-4-6-15(20)7-5-14/h3-8H,9-11H2,1-2H3,(H,21,22,23). The minimum absolute atomic E-state index is 0.0548. The fourth-order valence-electron chi connectivity index (χ4n) is 2.47. The minimum Gasteiger partial charge on any atom is -0.466 e. The number of carbonyl (C=O) groups is 1. The van der Waals surface area contributed by atoms with Crippen molar-refractivity contribution in [1.82, 2.24) is 4.98 Å². The second kappa shape index (κ2) is 7.85. The van der Waals surface area contributed by atoms with E-state index in [4.69, 9.17) is 16.0 Å². The van der Waals surface area contributed by atoms with Crippen LogP contribution in [0.5, 0.6) is 0 Å². The summed E-state index contributed by atoms with van der Waals surface area (Å²) < 4.78 is 5.48. The van der Waals surface area contributed by atoms with E-state index < -0.39 is 0 Å². The number of thiazole rings is 1. The average molecular weight is 375 g/mol. The van der Waals surface area contributed by atoms with Gasteiger partial charge in [-0.2, -0.15) is 0 Å². The summed E-state index contributed by atoms with van der Waals surface area (Å²) in [4.78, 5) is 17.7. The molecule has 1 N–H and O–H groups in total. The Kier molecular flexibility index (Phi) is 5.56. The Bertz CT molecular complexity index is 868. The van der Waals surface area contributed by atoms with Gasteiger partial charge in [-0.05, 0) is 43.7 Å². The van der Waals surface area contributed by atoms with Gasteiger partial charge in [0.2, 0.25) is 5.91 Å². The largest absolute Gasteiger partial charge is 0.466 e. The van der Waals surface area contributed by atoms with Gasteiger partial charge in [-0.3, -0.25) is 4.79 Å². The first kappa shape index (κ1) is 17.7. The van der Waals surface area contributed by atoms with E-state index in [1.807, 2.05) is 50.2 Å². The predicted molar refractivity (Wildman–Crippen MR) is 102 cm³/mol. The van der Waals surface area contributed by atoms with Crippen molar-refractivity contribution in [3.63, 3.8) is 0 Å². The van der Waals surface area contributed by atoms with E-state index in [9.17, 15) is 4.79 Å². The number of aromatic nitrogens is 1. The number of benzene rings is 1. The molecule has 0 aliphatic carbocycles. The smallest absolute Gasteiger partial charge is 0.226 e. The summed E-state index contributed by atoms with van der Waals surface area (Å²) in [7, 11) is 0. The van der Waals surface area contributed by atoms with E-state index in [-0.39, 0.29) is 5.91 Å². The fraction of sp³-hybridized carbons (Fsp3) is 0.263. The average Bonchev–Trinajstić information content (AvgIpc) is 3.13. The molecule has 0 aliphatic rings. The Labute approximate surface area is 155 Å². The molecular formula is C19H19ClN2O2S. The SMILES string of the molecule is Cc1ccc(CCC(=O)Nc2nc(C)c(Cc3ccc(Cl)cc3)s2)o1. The topological polar surface area (TPSA) is 55.1 Å². The number of anilines is 1. The summed E-state index contributed by atoms with van der Waals surface area (Å²) in [6, 6.07) is 11.6. The quantitative estimate of drug-likeness (QED) is 0.647. The van der Waals surface area contributed by atoms with Crippen molar-refractivity contribution in [2.24, 2.45) is 0 Å². The molecule has 2 heterocycles. The molecule has 1 aromatic carbocycles. The third-order valence-electron chi connectivity index (χ3n) is 3.81. The second-order valence-corrected chi connectivity index (χ2v) is 7.41. The van der Waals surface area contributed by atoms with E-state index in [1.165, 1.54) is 16.9 Å². The molecule has 0 fully saturated rings. The first-order valence-electron chi connectivity index (χ1n) is 8.05. The van der Waals surface area contributed by atoms with Crippen LogP contribution < -0.4 is 5.32 Å². The van der Waals surface area contributed by atoms with Gasteiger partial charge in [0.15, 0.2) is 5.13 Å². The zero-order valence-corrected chi connectivity index (χ0v) is 15.7. The lowest BCUT2D eigenvalue weighted by Crippen LogP contribution is -2.11. The monoisotopic (exact) mass is 374 g/mol. The van der Waals surface area contributed by atoms with Gasteiger partial charge in [-0.15, -0.1) is 11.3 Å². The van der Waals surface area contributed by atoms with Gasteiger partial charge >= 0.3 is 0 Å². The van der Waals surface area contributed by atoms with Gasteiger partial charge in [-0.1, -0.05) is 23.7 Å². The molecule has 25 heavy (non-hydrogen) atoms. The van der Waals surface area contributed by atoms with Gasteiger partial charge in [0, 0.05) is 29.2 Å². The lowest BCUT2D eigenvalue weighted by molar-refractivity contribution is -0.116. The fourth-order valence-corrected chi connectivity index (χ4v) is 3.61. The number of aryl methyl sites for hydroxylation is 3. The third kappa shape index (κ3) is 4.94. The number of carbonyl (C=O) groups excluding carboxylic acids is 1. The molecule has 0 bridgehead atoms. The van der Waals surface area contributed by atoms with E-state index in [0.29, 0.717) is 18.0 Å². The molecule has 0 aliphatic heterocycles. The predicted octanol–water partition coefficient (Wildman–Crippen LogP) is 5.17. The van der Waals surface area contributed by atoms with Crippen molar-refractivity contribution >= 4 is 34.0 Å². The van der Waals surface area contributed by atoms with Crippen molar-refractivity contribution in [3.8, 4) is 0 Å². The Morgan fingerprint density at radius 2 is 1.96 bits per heavy atom. The summed E-state index contributed by atoms with van der Waals surface area (Å²) in [6.45, 7) is 3.85. The molecule has 3 rings (SSSR count). The number of hydrogen-bond acceptors (Lipinski definition) is 4. The van der Waals surface area contributed by atoms with Crippen LogP contribution in [-0.4, -0.2) is 10.9 Å². The molecular weight excluding hydrogens is 356 g/mol. The van der Waals surface area contributed by atoms with E-state index in [0.717, 1.165) is 33.5 Å². The highest BCUT2D eigenvalue weighted by molar-refractivity contribution is 7.15.